The maximum atomic E-state index is 11.0. The van der Waals surface area contributed by atoms with E-state index in [9.17, 15) is 10.1 Å². The molecule has 2 aromatic carbocycles. The first kappa shape index (κ1) is 14.8. The van der Waals surface area contributed by atoms with E-state index in [1.165, 1.54) is 12.1 Å². The van der Waals surface area contributed by atoms with Gasteiger partial charge in [0.15, 0.2) is 0 Å². The van der Waals surface area contributed by atoms with Gasteiger partial charge in [0.2, 0.25) is 5.75 Å². The fourth-order valence-corrected chi connectivity index (χ4v) is 2.52. The number of nitro groups is 1. The zero-order valence-electron chi connectivity index (χ0n) is 10.6. The van der Waals surface area contributed by atoms with E-state index in [2.05, 4.69) is 15.9 Å². The van der Waals surface area contributed by atoms with Crippen LogP contribution in [-0.2, 0) is 5.33 Å². The van der Waals surface area contributed by atoms with Crippen LogP contribution in [0.3, 0.4) is 0 Å². The van der Waals surface area contributed by atoms with Gasteiger partial charge in [0, 0.05) is 16.4 Å². The Balaban J connectivity index is 2.35. The molecule has 0 heterocycles. The summed E-state index contributed by atoms with van der Waals surface area (Å²) in [7, 11) is 0. The Morgan fingerprint density at radius 2 is 2.05 bits per heavy atom. The Morgan fingerprint density at radius 3 is 2.65 bits per heavy atom. The number of halogens is 2. The van der Waals surface area contributed by atoms with E-state index >= 15 is 0 Å². The van der Waals surface area contributed by atoms with Crippen LogP contribution in [-0.4, -0.2) is 4.92 Å². The first-order valence-electron chi connectivity index (χ1n) is 5.78. The second-order valence-electron chi connectivity index (χ2n) is 4.19. The van der Waals surface area contributed by atoms with Crippen molar-refractivity contribution in [2.75, 3.05) is 0 Å². The third-order valence-electron chi connectivity index (χ3n) is 2.80. The lowest BCUT2D eigenvalue weighted by molar-refractivity contribution is -0.385. The standard InChI is InChI=1S/C14H11BrClNO3/c1-9-6-12(4-2-10(9)8-15)20-14-5-3-11(16)7-13(14)17(18)19/h2-7H,8H2,1H3. The highest BCUT2D eigenvalue weighted by Crippen LogP contribution is 2.34. The van der Waals surface area contributed by atoms with Gasteiger partial charge in [0.25, 0.3) is 0 Å². The fourth-order valence-electron chi connectivity index (χ4n) is 1.73. The molecule has 0 spiro atoms. The molecule has 0 aliphatic heterocycles. The molecule has 0 N–H and O–H groups in total. The Kier molecular flexibility index (Phi) is 4.62. The summed E-state index contributed by atoms with van der Waals surface area (Å²) in [6, 6.07) is 9.87. The van der Waals surface area contributed by atoms with Gasteiger partial charge < -0.3 is 4.74 Å². The molecule has 0 radical (unpaired) electrons. The van der Waals surface area contributed by atoms with E-state index in [0.29, 0.717) is 10.8 Å². The summed E-state index contributed by atoms with van der Waals surface area (Å²) in [6.45, 7) is 1.96. The number of benzene rings is 2. The molecule has 0 aliphatic carbocycles. The van der Waals surface area contributed by atoms with Gasteiger partial charge in [-0.1, -0.05) is 33.6 Å². The largest absolute Gasteiger partial charge is 0.450 e. The minimum Gasteiger partial charge on any atom is -0.450 e. The van der Waals surface area contributed by atoms with Gasteiger partial charge in [-0.15, -0.1) is 0 Å². The van der Waals surface area contributed by atoms with Crippen molar-refractivity contribution in [1.29, 1.82) is 0 Å². The molecular weight excluding hydrogens is 346 g/mol. The van der Waals surface area contributed by atoms with Crippen molar-refractivity contribution in [3.8, 4) is 11.5 Å². The van der Waals surface area contributed by atoms with Crippen LogP contribution in [0.5, 0.6) is 11.5 Å². The van der Waals surface area contributed by atoms with Crippen LogP contribution in [0.15, 0.2) is 36.4 Å². The summed E-state index contributed by atoms with van der Waals surface area (Å²) < 4.78 is 5.59. The van der Waals surface area contributed by atoms with Crippen LogP contribution in [0, 0.1) is 17.0 Å². The Hall–Kier alpha value is -1.59. The monoisotopic (exact) mass is 355 g/mol. The molecule has 4 nitrogen and oxygen atoms in total. The van der Waals surface area contributed by atoms with Crippen LogP contribution >= 0.6 is 27.5 Å². The second-order valence-corrected chi connectivity index (χ2v) is 5.19. The summed E-state index contributed by atoms with van der Waals surface area (Å²) in [4.78, 5) is 10.5. The highest BCUT2D eigenvalue weighted by molar-refractivity contribution is 9.08. The minimum atomic E-state index is -0.513. The number of nitrogens with zero attached hydrogens (tertiary/aromatic N) is 1. The van der Waals surface area contributed by atoms with Crippen molar-refractivity contribution in [2.24, 2.45) is 0 Å². The zero-order valence-corrected chi connectivity index (χ0v) is 12.9. The average Bonchev–Trinajstić information content (AvgIpc) is 2.41. The predicted octanol–water partition coefficient (Wildman–Crippen LogP) is 5.24. The van der Waals surface area contributed by atoms with Gasteiger partial charge >= 0.3 is 5.69 Å². The molecule has 0 saturated carbocycles. The summed E-state index contributed by atoms with van der Waals surface area (Å²) in [5.74, 6) is 0.725. The quantitative estimate of drug-likeness (QED) is 0.427. The molecular formula is C14H11BrClNO3. The van der Waals surface area contributed by atoms with Gasteiger partial charge in [-0.05, 0) is 42.3 Å². The topological polar surface area (TPSA) is 52.4 Å². The van der Waals surface area contributed by atoms with Gasteiger partial charge in [-0.2, -0.15) is 0 Å². The first-order chi connectivity index (χ1) is 9.51. The number of alkyl halides is 1. The smallest absolute Gasteiger partial charge is 0.313 e. The summed E-state index contributed by atoms with van der Waals surface area (Å²) in [5.41, 5.74) is 2.04. The molecule has 104 valence electrons. The van der Waals surface area contributed by atoms with Gasteiger partial charge in [0.05, 0.1) is 4.92 Å². The molecule has 0 saturated heterocycles. The number of hydrogen-bond donors (Lipinski definition) is 0. The number of ether oxygens (including phenoxy) is 1. The fraction of sp³-hybridized carbons (Fsp3) is 0.143. The van der Waals surface area contributed by atoms with Crippen molar-refractivity contribution in [3.05, 3.63) is 62.7 Å². The van der Waals surface area contributed by atoms with E-state index in [0.717, 1.165) is 16.5 Å². The maximum absolute atomic E-state index is 11.0. The maximum Gasteiger partial charge on any atom is 0.313 e. The lowest BCUT2D eigenvalue weighted by Gasteiger charge is -2.09. The molecule has 0 aliphatic rings. The van der Waals surface area contributed by atoms with E-state index in [-0.39, 0.29) is 11.4 Å². The molecule has 0 unspecified atom stereocenters. The second kappa shape index (κ2) is 6.24. The average molecular weight is 357 g/mol. The normalized spacial score (nSPS) is 10.3. The SMILES string of the molecule is Cc1cc(Oc2ccc(Cl)cc2[N+](=O)[O-])ccc1CBr. The Morgan fingerprint density at radius 1 is 1.30 bits per heavy atom. The molecule has 0 amide bonds. The van der Waals surface area contributed by atoms with Crippen LogP contribution in [0.4, 0.5) is 5.69 Å². The van der Waals surface area contributed by atoms with Crippen molar-refractivity contribution in [2.45, 2.75) is 12.3 Å². The van der Waals surface area contributed by atoms with E-state index in [1.54, 1.807) is 12.1 Å². The number of hydrogen-bond acceptors (Lipinski definition) is 3. The van der Waals surface area contributed by atoms with Gasteiger partial charge in [0.1, 0.15) is 5.75 Å². The summed E-state index contributed by atoms with van der Waals surface area (Å²) in [5, 5.41) is 12.0. The molecule has 0 bridgehead atoms. The van der Waals surface area contributed by atoms with Crippen LogP contribution in [0.2, 0.25) is 5.02 Å². The lowest BCUT2D eigenvalue weighted by Crippen LogP contribution is -1.94. The van der Waals surface area contributed by atoms with Crippen LogP contribution < -0.4 is 4.74 Å². The van der Waals surface area contributed by atoms with Gasteiger partial charge in [-0.25, -0.2) is 0 Å². The predicted molar refractivity (Wildman–Crippen MR) is 82.0 cm³/mol. The third kappa shape index (κ3) is 3.29. The van der Waals surface area contributed by atoms with E-state index < -0.39 is 4.92 Å². The third-order valence-corrected chi connectivity index (χ3v) is 3.64. The highest BCUT2D eigenvalue weighted by Gasteiger charge is 2.16. The van der Waals surface area contributed by atoms with Crippen LogP contribution in [0.25, 0.3) is 0 Å². The van der Waals surface area contributed by atoms with Crippen molar-refractivity contribution in [1.82, 2.24) is 0 Å². The summed E-state index contributed by atoms with van der Waals surface area (Å²) in [6.07, 6.45) is 0. The summed E-state index contributed by atoms with van der Waals surface area (Å²) >= 11 is 9.16. The molecule has 0 aromatic heterocycles. The number of rotatable bonds is 4. The Bertz CT molecular complexity index is 661. The molecule has 2 rings (SSSR count). The Labute approximate surface area is 129 Å². The molecule has 6 heteroatoms. The van der Waals surface area contributed by atoms with E-state index in [1.807, 2.05) is 19.1 Å². The molecule has 0 fully saturated rings. The van der Waals surface area contributed by atoms with Crippen molar-refractivity contribution < 1.29 is 9.66 Å². The van der Waals surface area contributed by atoms with Crippen molar-refractivity contribution in [3.63, 3.8) is 0 Å². The van der Waals surface area contributed by atoms with Crippen molar-refractivity contribution >= 4 is 33.2 Å². The number of nitro benzene ring substituents is 1. The first-order valence-corrected chi connectivity index (χ1v) is 7.28. The minimum absolute atomic E-state index is 0.153. The zero-order chi connectivity index (χ0) is 14.7. The van der Waals surface area contributed by atoms with E-state index in [4.69, 9.17) is 16.3 Å². The molecule has 20 heavy (non-hydrogen) atoms. The van der Waals surface area contributed by atoms with Crippen LogP contribution in [0.1, 0.15) is 11.1 Å². The molecule has 2 aromatic rings. The van der Waals surface area contributed by atoms with Gasteiger partial charge in [-0.3, -0.25) is 10.1 Å². The highest BCUT2D eigenvalue weighted by atomic mass is 79.9. The number of aryl methyl sites for hydroxylation is 1. The lowest BCUT2D eigenvalue weighted by atomic mass is 10.1. The molecule has 0 atom stereocenters.